The lowest BCUT2D eigenvalue weighted by Crippen LogP contribution is -2.25. The number of carbonyl (C=O) groups is 2. The molecular weight excluding hydrogens is 342 g/mol. The Kier molecular flexibility index (Phi) is 4.50. The summed E-state index contributed by atoms with van der Waals surface area (Å²) in [6.45, 7) is 0.662. The van der Waals surface area contributed by atoms with Crippen molar-refractivity contribution in [1.82, 2.24) is 0 Å². The number of anilines is 1. The summed E-state index contributed by atoms with van der Waals surface area (Å²) in [5.41, 5.74) is 1.80. The van der Waals surface area contributed by atoms with Crippen LogP contribution < -0.4 is 9.64 Å². The van der Waals surface area contributed by atoms with Gasteiger partial charge in [-0.25, -0.2) is 0 Å². The third-order valence-electron chi connectivity index (χ3n) is 4.90. The molecule has 136 valence electrons. The molecule has 1 saturated heterocycles. The Balaban J connectivity index is 1.45. The van der Waals surface area contributed by atoms with E-state index in [1.165, 1.54) is 15.7 Å². The summed E-state index contributed by atoms with van der Waals surface area (Å²) in [5.74, 6) is -1.03. The second-order valence-electron chi connectivity index (χ2n) is 6.66. The lowest BCUT2D eigenvalue weighted by Gasteiger charge is -2.16. The molecule has 1 N–H and O–H groups in total. The summed E-state index contributed by atoms with van der Waals surface area (Å²) in [5, 5.41) is 11.4. The number of aliphatic carboxylic acids is 1. The van der Waals surface area contributed by atoms with Gasteiger partial charge in [0, 0.05) is 18.7 Å². The van der Waals surface area contributed by atoms with E-state index in [-0.39, 0.29) is 18.9 Å². The van der Waals surface area contributed by atoms with Gasteiger partial charge >= 0.3 is 5.97 Å². The van der Waals surface area contributed by atoms with Gasteiger partial charge < -0.3 is 14.7 Å². The maximum atomic E-state index is 12.0. The number of hydrogen-bond acceptors (Lipinski definition) is 3. The molecule has 1 heterocycles. The molecule has 5 heteroatoms. The van der Waals surface area contributed by atoms with E-state index in [0.29, 0.717) is 18.0 Å². The number of benzene rings is 3. The van der Waals surface area contributed by atoms with Gasteiger partial charge in [-0.15, -0.1) is 0 Å². The minimum Gasteiger partial charge on any atom is -0.489 e. The van der Waals surface area contributed by atoms with Crippen molar-refractivity contribution < 1.29 is 19.4 Å². The molecule has 1 aliphatic heterocycles. The number of ether oxygens (including phenoxy) is 1. The molecule has 1 amide bonds. The summed E-state index contributed by atoms with van der Waals surface area (Å²) in [7, 11) is 0. The highest BCUT2D eigenvalue weighted by Gasteiger charge is 2.34. The SMILES string of the molecule is O=C(O)C1CC(=O)N(c2ccc(OCc3cccc4ccccc34)cc2)C1. The van der Waals surface area contributed by atoms with E-state index in [1.54, 1.807) is 12.1 Å². The zero-order chi connectivity index (χ0) is 18.8. The number of amides is 1. The van der Waals surface area contributed by atoms with Crippen LogP contribution in [-0.4, -0.2) is 23.5 Å². The minimum atomic E-state index is -0.930. The van der Waals surface area contributed by atoms with Crippen LogP contribution in [0.15, 0.2) is 66.7 Å². The molecule has 1 fully saturated rings. The zero-order valence-electron chi connectivity index (χ0n) is 14.7. The van der Waals surface area contributed by atoms with E-state index in [1.807, 2.05) is 36.4 Å². The van der Waals surface area contributed by atoms with Crippen LogP contribution in [0.5, 0.6) is 5.75 Å². The number of carboxylic acid groups (broad SMARTS) is 1. The lowest BCUT2D eigenvalue weighted by atomic mass is 10.1. The third-order valence-corrected chi connectivity index (χ3v) is 4.90. The van der Waals surface area contributed by atoms with Crippen molar-refractivity contribution in [2.75, 3.05) is 11.4 Å². The van der Waals surface area contributed by atoms with E-state index < -0.39 is 11.9 Å². The quantitative estimate of drug-likeness (QED) is 0.749. The maximum Gasteiger partial charge on any atom is 0.308 e. The van der Waals surface area contributed by atoms with Crippen LogP contribution in [0.1, 0.15) is 12.0 Å². The Labute approximate surface area is 156 Å². The van der Waals surface area contributed by atoms with Crippen LogP contribution >= 0.6 is 0 Å². The summed E-state index contributed by atoms with van der Waals surface area (Å²) >= 11 is 0. The van der Waals surface area contributed by atoms with E-state index in [4.69, 9.17) is 9.84 Å². The first-order chi connectivity index (χ1) is 13.1. The molecule has 27 heavy (non-hydrogen) atoms. The molecule has 3 aromatic rings. The fraction of sp³-hybridized carbons (Fsp3) is 0.182. The summed E-state index contributed by atoms with van der Waals surface area (Å²) < 4.78 is 5.91. The highest BCUT2D eigenvalue weighted by atomic mass is 16.5. The first-order valence-corrected chi connectivity index (χ1v) is 8.84. The Hall–Kier alpha value is -3.34. The standard InChI is InChI=1S/C22H19NO4/c24-21-12-17(22(25)26)13-23(21)18-8-10-19(11-9-18)27-14-16-6-3-5-15-4-1-2-7-20(15)16/h1-11,17H,12-14H2,(H,25,26). The summed E-state index contributed by atoms with van der Waals surface area (Å²) in [4.78, 5) is 24.7. The average Bonchev–Trinajstić information content (AvgIpc) is 3.09. The number of carbonyl (C=O) groups excluding carboxylic acids is 1. The van der Waals surface area contributed by atoms with Crippen molar-refractivity contribution in [2.45, 2.75) is 13.0 Å². The van der Waals surface area contributed by atoms with Crippen LogP contribution in [0, 0.1) is 5.92 Å². The molecule has 0 spiro atoms. The predicted molar refractivity (Wildman–Crippen MR) is 103 cm³/mol. The molecule has 0 radical (unpaired) electrons. The van der Waals surface area contributed by atoms with Gasteiger partial charge in [-0.1, -0.05) is 42.5 Å². The molecule has 4 rings (SSSR count). The number of hydrogen-bond donors (Lipinski definition) is 1. The molecule has 3 aromatic carbocycles. The van der Waals surface area contributed by atoms with Gasteiger partial charge in [0.1, 0.15) is 12.4 Å². The molecule has 0 aliphatic carbocycles. The Bertz CT molecular complexity index is 991. The van der Waals surface area contributed by atoms with Gasteiger partial charge in [0.05, 0.1) is 5.92 Å². The third kappa shape index (κ3) is 3.49. The Morgan fingerprint density at radius 2 is 1.78 bits per heavy atom. The fourth-order valence-corrected chi connectivity index (χ4v) is 3.42. The Morgan fingerprint density at radius 3 is 2.52 bits per heavy atom. The Morgan fingerprint density at radius 1 is 1.04 bits per heavy atom. The highest BCUT2D eigenvalue weighted by Crippen LogP contribution is 2.27. The van der Waals surface area contributed by atoms with Crippen molar-refractivity contribution in [3.05, 3.63) is 72.3 Å². The van der Waals surface area contributed by atoms with Crippen LogP contribution in [0.2, 0.25) is 0 Å². The van der Waals surface area contributed by atoms with Crippen LogP contribution in [0.4, 0.5) is 5.69 Å². The van der Waals surface area contributed by atoms with Gasteiger partial charge in [0.15, 0.2) is 0 Å². The van der Waals surface area contributed by atoms with Crippen LogP contribution in [-0.2, 0) is 16.2 Å². The molecular formula is C22H19NO4. The van der Waals surface area contributed by atoms with E-state index in [2.05, 4.69) is 18.2 Å². The van der Waals surface area contributed by atoms with Crippen molar-refractivity contribution in [1.29, 1.82) is 0 Å². The number of carboxylic acids is 1. The first kappa shape index (κ1) is 17.1. The largest absolute Gasteiger partial charge is 0.489 e. The lowest BCUT2D eigenvalue weighted by molar-refractivity contribution is -0.141. The van der Waals surface area contributed by atoms with Gasteiger partial charge in [0.2, 0.25) is 5.91 Å². The molecule has 0 saturated carbocycles. The average molecular weight is 361 g/mol. The van der Waals surface area contributed by atoms with Crippen LogP contribution in [0.3, 0.4) is 0 Å². The van der Waals surface area contributed by atoms with E-state index in [0.717, 1.165) is 5.56 Å². The number of fused-ring (bicyclic) bond motifs is 1. The number of rotatable bonds is 5. The summed E-state index contributed by atoms with van der Waals surface area (Å²) in [6.07, 6.45) is 0.0503. The minimum absolute atomic E-state index is 0.0503. The topological polar surface area (TPSA) is 66.8 Å². The highest BCUT2D eigenvalue weighted by molar-refractivity contribution is 5.99. The molecule has 1 unspecified atom stereocenters. The second-order valence-corrected chi connectivity index (χ2v) is 6.66. The molecule has 5 nitrogen and oxygen atoms in total. The van der Waals surface area contributed by atoms with Crippen LogP contribution in [0.25, 0.3) is 10.8 Å². The van der Waals surface area contributed by atoms with Gasteiger partial charge in [-0.05, 0) is 40.6 Å². The second kappa shape index (κ2) is 7.11. The smallest absolute Gasteiger partial charge is 0.308 e. The maximum absolute atomic E-state index is 12.0. The van der Waals surface area contributed by atoms with Crippen molar-refractivity contribution in [3.63, 3.8) is 0 Å². The molecule has 0 bridgehead atoms. The predicted octanol–water partition coefficient (Wildman–Crippen LogP) is 3.86. The summed E-state index contributed by atoms with van der Waals surface area (Å²) in [6, 6.07) is 21.5. The molecule has 1 aliphatic rings. The monoisotopic (exact) mass is 361 g/mol. The molecule has 0 aromatic heterocycles. The van der Waals surface area contributed by atoms with E-state index in [9.17, 15) is 9.59 Å². The molecule has 1 atom stereocenters. The normalized spacial score (nSPS) is 16.7. The van der Waals surface area contributed by atoms with Gasteiger partial charge in [-0.3, -0.25) is 9.59 Å². The number of nitrogens with zero attached hydrogens (tertiary/aromatic N) is 1. The van der Waals surface area contributed by atoms with E-state index >= 15 is 0 Å². The zero-order valence-corrected chi connectivity index (χ0v) is 14.7. The van der Waals surface area contributed by atoms with Crippen molar-refractivity contribution in [3.8, 4) is 5.75 Å². The van der Waals surface area contributed by atoms with Crippen molar-refractivity contribution in [2.24, 2.45) is 5.92 Å². The van der Waals surface area contributed by atoms with Gasteiger partial charge in [-0.2, -0.15) is 0 Å². The van der Waals surface area contributed by atoms with Crippen molar-refractivity contribution >= 4 is 28.3 Å². The first-order valence-electron chi connectivity index (χ1n) is 8.84. The fourth-order valence-electron chi connectivity index (χ4n) is 3.42. The van der Waals surface area contributed by atoms with Gasteiger partial charge in [0.25, 0.3) is 0 Å².